The zero-order valence-electron chi connectivity index (χ0n) is 18.2. The van der Waals surface area contributed by atoms with Gasteiger partial charge < -0.3 is 31.0 Å². The molecule has 2 fully saturated rings. The molecule has 0 spiro atoms. The van der Waals surface area contributed by atoms with Crippen LogP contribution >= 0.6 is 7.82 Å². The van der Waals surface area contributed by atoms with Gasteiger partial charge >= 0.3 is 7.82 Å². The number of nitrogens with zero attached hydrogens (tertiary/aromatic N) is 4. The first-order valence-electron chi connectivity index (χ1n) is 10.6. The summed E-state index contributed by atoms with van der Waals surface area (Å²) in [7, 11) is -3.95. The predicted molar refractivity (Wildman–Crippen MR) is 119 cm³/mol. The summed E-state index contributed by atoms with van der Waals surface area (Å²) in [5, 5.41) is 22.4. The number of rotatable bonds is 5. The molecule has 2 aliphatic heterocycles. The fraction of sp³-hybridized carbons (Fsp3) is 0.450. The van der Waals surface area contributed by atoms with Crippen molar-refractivity contribution in [2.75, 3.05) is 24.7 Å². The molecule has 0 unspecified atom stereocenters. The lowest BCUT2D eigenvalue weighted by atomic mass is 9.96. The summed E-state index contributed by atoms with van der Waals surface area (Å²) in [4.78, 5) is 12.1. The average Bonchev–Trinajstić information content (AvgIpc) is 3.32. The van der Waals surface area contributed by atoms with Crippen LogP contribution < -0.4 is 11.5 Å². The number of phosphoric ester groups is 1. The standard InChI is InChI=1S/C20H25N6O7P/c1-20(28)15(27)14(32-18(20)26-7-4-12-16(21)24-19(22)25-17(12)26)10-31-34(29)30-8-5-13(33-34)11-3-2-6-23-9-11/h2-4,6-7,9,13-15,18,27-28H,5,8,10H2,1H3,(H4,21,22,24,25)/t13-,14+,15+,18+,20+,34+/m0/s1. The minimum Gasteiger partial charge on any atom is -0.387 e. The fourth-order valence-corrected chi connectivity index (χ4v) is 5.57. The minimum absolute atomic E-state index is 0.0455. The number of fused-ring (bicyclic) bond motifs is 1. The number of ether oxygens (including phenoxy) is 1. The maximum atomic E-state index is 13.1. The van der Waals surface area contributed by atoms with Gasteiger partial charge in [0.05, 0.1) is 24.7 Å². The molecule has 0 radical (unpaired) electrons. The number of nitrogens with two attached hydrogens (primary N) is 2. The summed E-state index contributed by atoms with van der Waals surface area (Å²) in [5.74, 6) is 0.128. The molecule has 6 atom stereocenters. The molecule has 182 valence electrons. The Labute approximate surface area is 194 Å². The van der Waals surface area contributed by atoms with Crippen LogP contribution in [0, 0.1) is 0 Å². The highest BCUT2D eigenvalue weighted by Crippen LogP contribution is 2.57. The summed E-state index contributed by atoms with van der Waals surface area (Å²) in [6.45, 7) is 1.21. The van der Waals surface area contributed by atoms with Gasteiger partial charge in [0.2, 0.25) is 5.95 Å². The smallest absolute Gasteiger partial charge is 0.387 e. The lowest BCUT2D eigenvalue weighted by molar-refractivity contribution is -0.0950. The van der Waals surface area contributed by atoms with Crippen LogP contribution in [0.15, 0.2) is 36.8 Å². The second-order valence-electron chi connectivity index (χ2n) is 8.37. The zero-order chi connectivity index (χ0) is 24.1. The molecule has 6 N–H and O–H groups in total. The first-order chi connectivity index (χ1) is 16.2. The predicted octanol–water partition coefficient (Wildman–Crippen LogP) is 1.30. The van der Waals surface area contributed by atoms with Crippen LogP contribution in [0.2, 0.25) is 0 Å². The zero-order valence-corrected chi connectivity index (χ0v) is 19.1. The van der Waals surface area contributed by atoms with Gasteiger partial charge in [-0.1, -0.05) is 6.07 Å². The number of aliphatic hydroxyl groups excluding tert-OH is 1. The largest absolute Gasteiger partial charge is 0.475 e. The quantitative estimate of drug-likeness (QED) is 0.374. The van der Waals surface area contributed by atoms with Crippen molar-refractivity contribution in [3.05, 3.63) is 42.4 Å². The third kappa shape index (κ3) is 4.05. The van der Waals surface area contributed by atoms with Crippen molar-refractivity contribution < 1.29 is 33.1 Å². The molecule has 14 heteroatoms. The molecular formula is C20H25N6O7P. The number of aromatic nitrogens is 4. The molecular weight excluding hydrogens is 467 g/mol. The van der Waals surface area contributed by atoms with Crippen molar-refractivity contribution in [1.82, 2.24) is 19.5 Å². The summed E-state index contributed by atoms with van der Waals surface area (Å²) in [5.41, 5.74) is 10.9. The number of nitrogen functional groups attached to an aromatic ring is 2. The molecule has 0 bridgehead atoms. The van der Waals surface area contributed by atoms with E-state index in [9.17, 15) is 14.8 Å². The Balaban J connectivity index is 1.33. The highest BCUT2D eigenvalue weighted by atomic mass is 31.2. The van der Waals surface area contributed by atoms with Gasteiger partial charge in [0.15, 0.2) is 6.23 Å². The van der Waals surface area contributed by atoms with E-state index in [1.807, 2.05) is 6.07 Å². The van der Waals surface area contributed by atoms with Crippen molar-refractivity contribution in [2.45, 2.75) is 43.5 Å². The van der Waals surface area contributed by atoms with E-state index < -0.39 is 38.0 Å². The van der Waals surface area contributed by atoms with Crippen molar-refractivity contribution >= 4 is 30.6 Å². The number of aliphatic hydroxyl groups is 2. The Hall–Kier alpha value is -2.64. The van der Waals surface area contributed by atoms with Crippen molar-refractivity contribution in [3.8, 4) is 0 Å². The van der Waals surface area contributed by atoms with Crippen LogP contribution in [0.25, 0.3) is 11.0 Å². The van der Waals surface area contributed by atoms with Crippen LogP contribution in [0.3, 0.4) is 0 Å². The fourth-order valence-electron chi connectivity index (χ4n) is 4.18. The van der Waals surface area contributed by atoms with Crippen molar-refractivity contribution in [2.24, 2.45) is 0 Å². The lowest BCUT2D eigenvalue weighted by Crippen LogP contribution is -2.44. The lowest BCUT2D eigenvalue weighted by Gasteiger charge is -2.30. The second-order valence-corrected chi connectivity index (χ2v) is 9.99. The van der Waals surface area contributed by atoms with E-state index in [1.165, 1.54) is 11.5 Å². The van der Waals surface area contributed by atoms with Crippen molar-refractivity contribution in [1.29, 1.82) is 0 Å². The Morgan fingerprint density at radius 3 is 2.94 bits per heavy atom. The van der Waals surface area contributed by atoms with Gasteiger partial charge in [-0.15, -0.1) is 0 Å². The van der Waals surface area contributed by atoms with Gasteiger partial charge in [-0.3, -0.25) is 18.6 Å². The molecule has 5 heterocycles. The molecule has 5 rings (SSSR count). The number of pyridine rings is 1. The van der Waals surface area contributed by atoms with Crippen molar-refractivity contribution in [3.63, 3.8) is 0 Å². The summed E-state index contributed by atoms with van der Waals surface area (Å²) in [6, 6.07) is 5.21. The topological polar surface area (TPSA) is 190 Å². The number of phosphoric acid groups is 1. The molecule has 0 saturated carbocycles. The van der Waals surface area contributed by atoms with Gasteiger partial charge in [0, 0.05) is 25.0 Å². The Morgan fingerprint density at radius 1 is 1.35 bits per heavy atom. The molecule has 3 aromatic rings. The molecule has 0 aliphatic carbocycles. The molecule has 13 nitrogen and oxygen atoms in total. The molecule has 3 aromatic heterocycles. The summed E-state index contributed by atoms with van der Waals surface area (Å²) < 4.78 is 36.9. The van der Waals surface area contributed by atoms with Gasteiger partial charge in [-0.05, 0) is 24.6 Å². The summed E-state index contributed by atoms with van der Waals surface area (Å²) in [6.07, 6.45) is 1.30. The average molecular weight is 492 g/mol. The van der Waals surface area contributed by atoms with Crippen LogP contribution in [-0.2, 0) is 22.9 Å². The van der Waals surface area contributed by atoms with Gasteiger partial charge in [-0.25, -0.2) is 4.57 Å². The van der Waals surface area contributed by atoms with E-state index >= 15 is 0 Å². The maximum absolute atomic E-state index is 13.1. The van der Waals surface area contributed by atoms with Gasteiger partial charge in [-0.2, -0.15) is 9.97 Å². The normalized spacial score (nSPS) is 34.0. The van der Waals surface area contributed by atoms with E-state index in [4.69, 9.17) is 29.8 Å². The highest BCUT2D eigenvalue weighted by molar-refractivity contribution is 7.48. The van der Waals surface area contributed by atoms with Gasteiger partial charge in [0.25, 0.3) is 0 Å². The van der Waals surface area contributed by atoms with E-state index in [0.717, 1.165) is 5.56 Å². The van der Waals surface area contributed by atoms with E-state index in [2.05, 4.69) is 15.0 Å². The summed E-state index contributed by atoms with van der Waals surface area (Å²) >= 11 is 0. The number of anilines is 2. The highest BCUT2D eigenvalue weighted by Gasteiger charge is 2.54. The van der Waals surface area contributed by atoms with E-state index in [-0.39, 0.29) is 25.0 Å². The first kappa shape index (κ1) is 23.1. The monoisotopic (exact) mass is 492 g/mol. The molecule has 34 heavy (non-hydrogen) atoms. The third-order valence-electron chi connectivity index (χ3n) is 5.96. The van der Waals surface area contributed by atoms with Crippen LogP contribution in [0.4, 0.5) is 11.8 Å². The SMILES string of the molecule is C[C@@]1(O)[C@H](O)[C@@H](CO[P@@]2(=O)OCC[C@@H](c3cccnc3)O2)O[C@H]1n1ccc2c(N)nc(N)nc21. The van der Waals surface area contributed by atoms with Gasteiger partial charge in [0.1, 0.15) is 29.3 Å². The molecule has 2 saturated heterocycles. The van der Waals surface area contributed by atoms with Crippen LogP contribution in [0.1, 0.15) is 31.2 Å². The van der Waals surface area contributed by atoms with E-state index in [1.54, 1.807) is 30.7 Å². The maximum Gasteiger partial charge on any atom is 0.475 e. The number of hydrogen-bond acceptors (Lipinski definition) is 12. The molecule has 0 aromatic carbocycles. The minimum atomic E-state index is -3.95. The van der Waals surface area contributed by atoms with Crippen LogP contribution in [-0.4, -0.2) is 60.8 Å². The number of hydrogen-bond donors (Lipinski definition) is 4. The second kappa shape index (κ2) is 8.54. The Kier molecular flexibility index (Phi) is 5.81. The Morgan fingerprint density at radius 2 is 2.18 bits per heavy atom. The molecule has 2 aliphatic rings. The van der Waals surface area contributed by atoms with E-state index in [0.29, 0.717) is 17.5 Å². The first-order valence-corrected chi connectivity index (χ1v) is 12.1. The molecule has 0 amide bonds. The van der Waals surface area contributed by atoms with Crippen LogP contribution in [0.5, 0.6) is 0 Å². The third-order valence-corrected chi connectivity index (χ3v) is 7.44. The Bertz CT molecular complexity index is 1240.